The summed E-state index contributed by atoms with van der Waals surface area (Å²) in [6.45, 7) is 2.95. The number of benzene rings is 1. The van der Waals surface area contributed by atoms with Crippen LogP contribution in [0.4, 0.5) is 0 Å². The monoisotopic (exact) mass is 285 g/mol. The van der Waals surface area contributed by atoms with Crippen LogP contribution < -0.4 is 5.73 Å². The standard InChI is InChI=1S/C15H21Cl2N/c1-10-4-2-5-11(8-10)12(9-18)15-13(16)6-3-7-14(15)17/h3,6-7,10-12H,2,4-5,8-9,18H2,1H3. The van der Waals surface area contributed by atoms with E-state index in [0.717, 1.165) is 21.5 Å². The Morgan fingerprint density at radius 1 is 1.28 bits per heavy atom. The first-order valence-electron chi connectivity index (χ1n) is 6.77. The van der Waals surface area contributed by atoms with Gasteiger partial charge in [-0.15, -0.1) is 0 Å². The maximum absolute atomic E-state index is 6.32. The van der Waals surface area contributed by atoms with Crippen molar-refractivity contribution in [2.75, 3.05) is 6.54 Å². The van der Waals surface area contributed by atoms with Crippen LogP contribution in [-0.2, 0) is 0 Å². The van der Waals surface area contributed by atoms with Crippen LogP contribution in [0.15, 0.2) is 18.2 Å². The van der Waals surface area contributed by atoms with Gasteiger partial charge in [-0.05, 0) is 48.9 Å². The van der Waals surface area contributed by atoms with Crippen molar-refractivity contribution in [3.63, 3.8) is 0 Å². The fourth-order valence-electron chi connectivity index (χ4n) is 3.26. The van der Waals surface area contributed by atoms with Gasteiger partial charge in [0, 0.05) is 16.0 Å². The van der Waals surface area contributed by atoms with Crippen molar-refractivity contribution < 1.29 is 0 Å². The lowest BCUT2D eigenvalue weighted by atomic mass is 9.73. The normalized spacial score (nSPS) is 26.0. The molecule has 0 saturated heterocycles. The molecule has 1 aromatic rings. The predicted octanol–water partition coefficient (Wildman–Crippen LogP) is 4.86. The molecule has 0 aromatic heterocycles. The maximum Gasteiger partial charge on any atom is 0.0456 e. The predicted molar refractivity (Wildman–Crippen MR) is 79.4 cm³/mol. The Bertz CT molecular complexity index is 385. The van der Waals surface area contributed by atoms with Crippen molar-refractivity contribution in [3.8, 4) is 0 Å². The van der Waals surface area contributed by atoms with E-state index in [0.29, 0.717) is 18.4 Å². The Morgan fingerprint density at radius 3 is 2.50 bits per heavy atom. The van der Waals surface area contributed by atoms with E-state index in [1.807, 2.05) is 18.2 Å². The third-order valence-electron chi connectivity index (χ3n) is 4.17. The van der Waals surface area contributed by atoms with Crippen LogP contribution in [0, 0.1) is 11.8 Å². The summed E-state index contributed by atoms with van der Waals surface area (Å²) in [5.41, 5.74) is 7.06. The molecule has 2 N–H and O–H groups in total. The molecular weight excluding hydrogens is 265 g/mol. The molecule has 1 saturated carbocycles. The van der Waals surface area contributed by atoms with E-state index in [1.165, 1.54) is 25.7 Å². The number of nitrogens with two attached hydrogens (primary N) is 1. The third-order valence-corrected chi connectivity index (χ3v) is 4.83. The van der Waals surface area contributed by atoms with Crippen LogP contribution in [0.2, 0.25) is 10.0 Å². The molecule has 1 nitrogen and oxygen atoms in total. The molecule has 18 heavy (non-hydrogen) atoms. The van der Waals surface area contributed by atoms with Gasteiger partial charge in [-0.1, -0.05) is 49.0 Å². The van der Waals surface area contributed by atoms with Gasteiger partial charge in [0.15, 0.2) is 0 Å². The summed E-state index contributed by atoms with van der Waals surface area (Å²) in [7, 11) is 0. The molecule has 0 heterocycles. The first-order chi connectivity index (χ1) is 8.63. The molecule has 1 fully saturated rings. The SMILES string of the molecule is CC1CCCC(C(CN)c2c(Cl)cccc2Cl)C1. The van der Waals surface area contributed by atoms with E-state index in [4.69, 9.17) is 28.9 Å². The lowest BCUT2D eigenvalue weighted by Gasteiger charge is -2.33. The molecule has 0 radical (unpaired) electrons. The topological polar surface area (TPSA) is 26.0 Å². The zero-order valence-corrected chi connectivity index (χ0v) is 12.3. The van der Waals surface area contributed by atoms with Gasteiger partial charge in [-0.2, -0.15) is 0 Å². The minimum absolute atomic E-state index is 0.300. The van der Waals surface area contributed by atoms with Gasteiger partial charge in [0.1, 0.15) is 0 Å². The third kappa shape index (κ3) is 3.01. The quantitative estimate of drug-likeness (QED) is 0.843. The molecule has 3 unspecified atom stereocenters. The molecule has 0 bridgehead atoms. The van der Waals surface area contributed by atoms with Crippen LogP contribution in [0.25, 0.3) is 0 Å². The zero-order chi connectivity index (χ0) is 13.1. The highest BCUT2D eigenvalue weighted by Gasteiger charge is 2.29. The Hall–Kier alpha value is -0.240. The van der Waals surface area contributed by atoms with E-state index in [2.05, 4.69) is 6.92 Å². The highest BCUT2D eigenvalue weighted by Crippen LogP contribution is 2.42. The zero-order valence-electron chi connectivity index (χ0n) is 10.8. The molecule has 0 spiro atoms. The number of halogens is 2. The van der Waals surface area contributed by atoms with Gasteiger partial charge >= 0.3 is 0 Å². The van der Waals surface area contributed by atoms with Crippen molar-refractivity contribution in [1.29, 1.82) is 0 Å². The molecule has 100 valence electrons. The van der Waals surface area contributed by atoms with E-state index in [9.17, 15) is 0 Å². The van der Waals surface area contributed by atoms with Crippen molar-refractivity contribution in [1.82, 2.24) is 0 Å². The number of hydrogen-bond acceptors (Lipinski definition) is 1. The molecule has 1 aliphatic rings. The summed E-state index contributed by atoms with van der Waals surface area (Å²) in [5, 5.41) is 1.52. The number of rotatable bonds is 3. The van der Waals surface area contributed by atoms with Gasteiger partial charge in [0.2, 0.25) is 0 Å². The Balaban J connectivity index is 2.27. The van der Waals surface area contributed by atoms with Crippen molar-refractivity contribution in [2.24, 2.45) is 17.6 Å². The molecule has 3 heteroatoms. The van der Waals surface area contributed by atoms with Crippen molar-refractivity contribution >= 4 is 23.2 Å². The van der Waals surface area contributed by atoms with Crippen LogP contribution in [0.5, 0.6) is 0 Å². The molecule has 2 rings (SSSR count). The Morgan fingerprint density at radius 2 is 1.94 bits per heavy atom. The fraction of sp³-hybridized carbons (Fsp3) is 0.600. The average Bonchev–Trinajstić information content (AvgIpc) is 2.34. The summed E-state index contributed by atoms with van der Waals surface area (Å²) in [4.78, 5) is 0. The Kier molecular flexibility index (Phi) is 4.94. The first-order valence-corrected chi connectivity index (χ1v) is 7.53. The molecule has 0 aliphatic heterocycles. The van der Waals surface area contributed by atoms with Gasteiger partial charge in [0.05, 0.1) is 0 Å². The molecule has 0 amide bonds. The van der Waals surface area contributed by atoms with E-state index in [1.54, 1.807) is 0 Å². The number of hydrogen-bond donors (Lipinski definition) is 1. The van der Waals surface area contributed by atoms with E-state index in [-0.39, 0.29) is 0 Å². The minimum Gasteiger partial charge on any atom is -0.330 e. The van der Waals surface area contributed by atoms with Crippen LogP contribution in [0.3, 0.4) is 0 Å². The lowest BCUT2D eigenvalue weighted by molar-refractivity contribution is 0.248. The molecule has 3 atom stereocenters. The summed E-state index contributed by atoms with van der Waals surface area (Å²) < 4.78 is 0. The second kappa shape index (κ2) is 6.27. The highest BCUT2D eigenvalue weighted by atomic mass is 35.5. The van der Waals surface area contributed by atoms with Crippen LogP contribution >= 0.6 is 23.2 Å². The van der Waals surface area contributed by atoms with Gasteiger partial charge < -0.3 is 5.73 Å². The summed E-state index contributed by atoms with van der Waals surface area (Å²) >= 11 is 12.6. The fourth-order valence-corrected chi connectivity index (χ4v) is 3.94. The van der Waals surface area contributed by atoms with Crippen molar-refractivity contribution in [3.05, 3.63) is 33.8 Å². The lowest BCUT2D eigenvalue weighted by Crippen LogP contribution is -2.26. The van der Waals surface area contributed by atoms with Crippen LogP contribution in [0.1, 0.15) is 44.1 Å². The second-order valence-corrected chi connectivity index (χ2v) is 6.32. The molecule has 1 aromatic carbocycles. The van der Waals surface area contributed by atoms with E-state index >= 15 is 0 Å². The van der Waals surface area contributed by atoms with Gasteiger partial charge in [0.25, 0.3) is 0 Å². The van der Waals surface area contributed by atoms with Crippen molar-refractivity contribution in [2.45, 2.75) is 38.5 Å². The van der Waals surface area contributed by atoms with Gasteiger partial charge in [-0.25, -0.2) is 0 Å². The second-order valence-electron chi connectivity index (χ2n) is 5.51. The summed E-state index contributed by atoms with van der Waals surface area (Å²) in [6, 6.07) is 5.72. The maximum atomic E-state index is 6.32. The van der Waals surface area contributed by atoms with Gasteiger partial charge in [-0.3, -0.25) is 0 Å². The molecular formula is C15H21Cl2N. The highest BCUT2D eigenvalue weighted by molar-refractivity contribution is 6.36. The summed E-state index contributed by atoms with van der Waals surface area (Å²) in [5.74, 6) is 1.71. The van der Waals surface area contributed by atoms with E-state index < -0.39 is 0 Å². The molecule has 1 aliphatic carbocycles. The summed E-state index contributed by atoms with van der Waals surface area (Å²) in [6.07, 6.45) is 5.12. The minimum atomic E-state index is 0.300. The smallest absolute Gasteiger partial charge is 0.0456 e. The Labute approximate surface area is 120 Å². The van der Waals surface area contributed by atoms with Crippen LogP contribution in [-0.4, -0.2) is 6.54 Å². The largest absolute Gasteiger partial charge is 0.330 e. The average molecular weight is 286 g/mol. The first kappa shape index (κ1) is 14.2.